The zero-order valence-corrected chi connectivity index (χ0v) is 13.3. The Morgan fingerprint density at radius 1 is 1.32 bits per heavy atom. The van der Waals surface area contributed by atoms with E-state index in [0.717, 1.165) is 32.8 Å². The summed E-state index contributed by atoms with van der Waals surface area (Å²) in [7, 11) is 1.33. The molecular formula is C15H23N3O4. The van der Waals surface area contributed by atoms with Crippen molar-refractivity contribution < 1.29 is 19.1 Å². The van der Waals surface area contributed by atoms with Crippen molar-refractivity contribution in [3.63, 3.8) is 0 Å². The SMILES string of the molecule is COC(=O)c1c(C)[nH]c(C(=O)NCCN2CCOCC2)c1C. The fourth-order valence-corrected chi connectivity index (χ4v) is 2.63. The summed E-state index contributed by atoms with van der Waals surface area (Å²) in [5, 5.41) is 2.88. The molecule has 2 heterocycles. The summed E-state index contributed by atoms with van der Waals surface area (Å²) in [4.78, 5) is 29.2. The highest BCUT2D eigenvalue weighted by atomic mass is 16.5. The minimum absolute atomic E-state index is 0.205. The number of hydrogen-bond acceptors (Lipinski definition) is 5. The third-order valence-corrected chi connectivity index (χ3v) is 3.87. The van der Waals surface area contributed by atoms with Gasteiger partial charge in [-0.2, -0.15) is 0 Å². The Balaban J connectivity index is 1.93. The Bertz CT molecular complexity index is 547. The van der Waals surface area contributed by atoms with E-state index in [1.165, 1.54) is 7.11 Å². The smallest absolute Gasteiger partial charge is 0.339 e. The van der Waals surface area contributed by atoms with Crippen LogP contribution in [0.4, 0.5) is 0 Å². The average Bonchev–Trinajstić information content (AvgIpc) is 2.82. The van der Waals surface area contributed by atoms with Crippen LogP contribution >= 0.6 is 0 Å². The van der Waals surface area contributed by atoms with Crippen molar-refractivity contribution in [1.82, 2.24) is 15.2 Å². The second kappa shape index (κ2) is 7.42. The summed E-state index contributed by atoms with van der Waals surface area (Å²) in [6.45, 7) is 8.11. The monoisotopic (exact) mass is 309 g/mol. The van der Waals surface area contributed by atoms with Crippen molar-refractivity contribution in [2.75, 3.05) is 46.5 Å². The second-order valence-electron chi connectivity index (χ2n) is 5.33. The van der Waals surface area contributed by atoms with E-state index in [9.17, 15) is 9.59 Å². The van der Waals surface area contributed by atoms with Gasteiger partial charge in [-0.1, -0.05) is 0 Å². The maximum absolute atomic E-state index is 12.2. The van der Waals surface area contributed by atoms with E-state index in [1.54, 1.807) is 13.8 Å². The molecule has 7 heteroatoms. The van der Waals surface area contributed by atoms with Crippen LogP contribution in [-0.2, 0) is 9.47 Å². The van der Waals surface area contributed by atoms with Crippen molar-refractivity contribution in [3.8, 4) is 0 Å². The number of nitrogens with one attached hydrogen (secondary N) is 2. The minimum Gasteiger partial charge on any atom is -0.465 e. The molecular weight excluding hydrogens is 286 g/mol. The van der Waals surface area contributed by atoms with E-state index in [0.29, 0.717) is 29.1 Å². The Morgan fingerprint density at radius 3 is 2.64 bits per heavy atom. The first-order valence-corrected chi connectivity index (χ1v) is 7.40. The Labute approximate surface area is 130 Å². The van der Waals surface area contributed by atoms with Crippen LogP contribution in [0, 0.1) is 13.8 Å². The van der Waals surface area contributed by atoms with Gasteiger partial charge in [0, 0.05) is 31.9 Å². The summed E-state index contributed by atoms with van der Waals surface area (Å²) in [6.07, 6.45) is 0. The summed E-state index contributed by atoms with van der Waals surface area (Å²) in [6, 6.07) is 0. The number of esters is 1. The average molecular weight is 309 g/mol. The van der Waals surface area contributed by atoms with Gasteiger partial charge in [0.2, 0.25) is 0 Å². The number of methoxy groups -OCH3 is 1. The van der Waals surface area contributed by atoms with E-state index in [-0.39, 0.29) is 5.91 Å². The highest BCUT2D eigenvalue weighted by Gasteiger charge is 2.22. The molecule has 1 amide bonds. The van der Waals surface area contributed by atoms with Crippen LogP contribution in [0.15, 0.2) is 0 Å². The van der Waals surface area contributed by atoms with Crippen LogP contribution in [0.5, 0.6) is 0 Å². The number of aryl methyl sites for hydroxylation is 1. The predicted molar refractivity (Wildman–Crippen MR) is 81.2 cm³/mol. The highest BCUT2D eigenvalue weighted by Crippen LogP contribution is 2.18. The molecule has 0 aromatic carbocycles. The molecule has 1 fully saturated rings. The van der Waals surface area contributed by atoms with Gasteiger partial charge in [0.05, 0.1) is 25.9 Å². The molecule has 22 heavy (non-hydrogen) atoms. The Morgan fingerprint density at radius 2 is 2.00 bits per heavy atom. The molecule has 0 atom stereocenters. The van der Waals surface area contributed by atoms with Crippen molar-refractivity contribution in [2.24, 2.45) is 0 Å². The molecule has 2 rings (SSSR count). The first-order chi connectivity index (χ1) is 10.5. The van der Waals surface area contributed by atoms with E-state index >= 15 is 0 Å². The predicted octanol–water partition coefficient (Wildman–Crippen LogP) is 0.480. The molecule has 1 aromatic rings. The maximum Gasteiger partial charge on any atom is 0.339 e. The van der Waals surface area contributed by atoms with Gasteiger partial charge in [0.25, 0.3) is 5.91 Å². The molecule has 122 valence electrons. The fourth-order valence-electron chi connectivity index (χ4n) is 2.63. The number of aromatic amines is 1. The summed E-state index contributed by atoms with van der Waals surface area (Å²) < 4.78 is 10.0. The van der Waals surface area contributed by atoms with Gasteiger partial charge in [-0.05, 0) is 19.4 Å². The Hall–Kier alpha value is -1.86. The first-order valence-electron chi connectivity index (χ1n) is 7.40. The van der Waals surface area contributed by atoms with Gasteiger partial charge in [-0.15, -0.1) is 0 Å². The van der Waals surface area contributed by atoms with E-state index < -0.39 is 5.97 Å². The zero-order chi connectivity index (χ0) is 16.1. The third-order valence-electron chi connectivity index (χ3n) is 3.87. The number of aromatic nitrogens is 1. The lowest BCUT2D eigenvalue weighted by atomic mass is 10.1. The summed E-state index contributed by atoms with van der Waals surface area (Å²) >= 11 is 0. The van der Waals surface area contributed by atoms with E-state index in [4.69, 9.17) is 9.47 Å². The molecule has 2 N–H and O–H groups in total. The lowest BCUT2D eigenvalue weighted by molar-refractivity contribution is 0.0383. The number of amides is 1. The van der Waals surface area contributed by atoms with Crippen molar-refractivity contribution >= 4 is 11.9 Å². The number of rotatable bonds is 5. The summed E-state index contributed by atoms with van der Waals surface area (Å²) in [5.74, 6) is -0.636. The molecule has 1 aliphatic heterocycles. The van der Waals surface area contributed by atoms with Crippen LogP contribution in [-0.4, -0.2) is 68.3 Å². The quantitative estimate of drug-likeness (QED) is 0.773. The van der Waals surface area contributed by atoms with Gasteiger partial charge in [-0.25, -0.2) is 4.79 Å². The molecule has 0 bridgehead atoms. The normalized spacial score (nSPS) is 15.6. The van der Waals surface area contributed by atoms with Crippen LogP contribution in [0.3, 0.4) is 0 Å². The van der Waals surface area contributed by atoms with Gasteiger partial charge in [-0.3, -0.25) is 9.69 Å². The molecule has 1 saturated heterocycles. The molecule has 0 spiro atoms. The molecule has 1 aliphatic rings. The number of H-pyrrole nitrogens is 1. The lowest BCUT2D eigenvalue weighted by Crippen LogP contribution is -2.41. The maximum atomic E-state index is 12.2. The van der Waals surface area contributed by atoms with Gasteiger partial charge in [0.1, 0.15) is 5.69 Å². The zero-order valence-electron chi connectivity index (χ0n) is 13.3. The molecule has 0 unspecified atom stereocenters. The fraction of sp³-hybridized carbons (Fsp3) is 0.600. The summed E-state index contributed by atoms with van der Waals surface area (Å²) in [5.41, 5.74) is 2.11. The topological polar surface area (TPSA) is 83.7 Å². The third kappa shape index (κ3) is 3.66. The van der Waals surface area contributed by atoms with Gasteiger partial charge < -0.3 is 19.8 Å². The van der Waals surface area contributed by atoms with Crippen LogP contribution in [0.1, 0.15) is 32.1 Å². The Kier molecular flexibility index (Phi) is 5.57. The number of carbonyl (C=O) groups excluding carboxylic acids is 2. The molecule has 1 aromatic heterocycles. The standard InChI is InChI=1S/C15H23N3O4/c1-10-12(15(20)21-3)11(2)17-13(10)14(19)16-4-5-18-6-8-22-9-7-18/h17H,4-9H2,1-3H3,(H,16,19). The number of morpholine rings is 1. The second-order valence-corrected chi connectivity index (χ2v) is 5.33. The highest BCUT2D eigenvalue weighted by molar-refractivity contribution is 6.00. The number of ether oxygens (including phenoxy) is 2. The lowest BCUT2D eigenvalue weighted by Gasteiger charge is -2.26. The van der Waals surface area contributed by atoms with Crippen molar-refractivity contribution in [2.45, 2.75) is 13.8 Å². The number of nitrogens with zero attached hydrogens (tertiary/aromatic N) is 1. The van der Waals surface area contributed by atoms with Crippen LogP contribution < -0.4 is 5.32 Å². The largest absolute Gasteiger partial charge is 0.465 e. The van der Waals surface area contributed by atoms with Gasteiger partial charge >= 0.3 is 5.97 Å². The number of hydrogen-bond donors (Lipinski definition) is 2. The molecule has 0 aliphatic carbocycles. The minimum atomic E-state index is -0.432. The first kappa shape index (κ1) is 16.5. The van der Waals surface area contributed by atoms with Crippen LogP contribution in [0.2, 0.25) is 0 Å². The molecule has 0 saturated carbocycles. The van der Waals surface area contributed by atoms with Crippen molar-refractivity contribution in [1.29, 1.82) is 0 Å². The van der Waals surface area contributed by atoms with Crippen LogP contribution in [0.25, 0.3) is 0 Å². The van der Waals surface area contributed by atoms with E-state index in [1.807, 2.05) is 0 Å². The molecule has 0 radical (unpaired) electrons. The van der Waals surface area contributed by atoms with E-state index in [2.05, 4.69) is 15.2 Å². The van der Waals surface area contributed by atoms with Crippen molar-refractivity contribution in [3.05, 3.63) is 22.5 Å². The molecule has 7 nitrogen and oxygen atoms in total. The number of carbonyl (C=O) groups is 2. The van der Waals surface area contributed by atoms with Gasteiger partial charge in [0.15, 0.2) is 0 Å².